The molecule has 2 rings (SSSR count). The van der Waals surface area contributed by atoms with Gasteiger partial charge >= 0.3 is 0 Å². The fraction of sp³-hybridized carbons (Fsp3) is 1.00. The quantitative estimate of drug-likeness (QED) is 0.753. The van der Waals surface area contributed by atoms with Crippen molar-refractivity contribution in [3.63, 3.8) is 0 Å². The lowest BCUT2D eigenvalue weighted by Crippen LogP contribution is -2.34. The fourth-order valence-electron chi connectivity index (χ4n) is 3.48. The van der Waals surface area contributed by atoms with Crippen molar-refractivity contribution >= 4 is 0 Å². The van der Waals surface area contributed by atoms with Crippen molar-refractivity contribution in [1.29, 1.82) is 0 Å². The van der Waals surface area contributed by atoms with Gasteiger partial charge in [0.1, 0.15) is 0 Å². The molecule has 2 fully saturated rings. The van der Waals surface area contributed by atoms with Crippen LogP contribution in [0.1, 0.15) is 51.4 Å². The average molecular weight is 225 g/mol. The molecule has 16 heavy (non-hydrogen) atoms. The van der Waals surface area contributed by atoms with Crippen LogP contribution in [0.25, 0.3) is 0 Å². The Kier molecular flexibility index (Phi) is 5.11. The number of aliphatic hydroxyl groups excluding tert-OH is 1. The third-order valence-electron chi connectivity index (χ3n) is 4.62. The van der Waals surface area contributed by atoms with E-state index in [1.54, 1.807) is 0 Å². The van der Waals surface area contributed by atoms with E-state index in [-0.39, 0.29) is 0 Å². The molecule has 0 saturated heterocycles. The molecule has 0 aromatic rings. The van der Waals surface area contributed by atoms with Crippen LogP contribution in [0.4, 0.5) is 0 Å². The first-order valence-corrected chi connectivity index (χ1v) is 7.21. The Bertz CT molecular complexity index is 189. The molecule has 2 nitrogen and oxygen atoms in total. The van der Waals surface area contributed by atoms with Crippen molar-refractivity contribution in [2.75, 3.05) is 19.7 Å². The van der Waals surface area contributed by atoms with Gasteiger partial charge in [0, 0.05) is 6.61 Å². The summed E-state index contributed by atoms with van der Waals surface area (Å²) in [7, 11) is 0. The second kappa shape index (κ2) is 6.61. The fourth-order valence-corrected chi connectivity index (χ4v) is 3.48. The molecule has 2 unspecified atom stereocenters. The minimum atomic E-state index is 0.399. The van der Waals surface area contributed by atoms with Gasteiger partial charge in [0.15, 0.2) is 0 Å². The second-order valence-corrected chi connectivity index (χ2v) is 5.80. The molecule has 2 saturated carbocycles. The molecule has 0 spiro atoms. The molecule has 0 aliphatic heterocycles. The molecule has 2 aliphatic carbocycles. The molecule has 0 heterocycles. The number of hydrogen-bond donors (Lipinski definition) is 2. The summed E-state index contributed by atoms with van der Waals surface area (Å²) in [5.41, 5.74) is 0. The predicted octanol–water partition coefficient (Wildman–Crippen LogP) is 2.56. The summed E-state index contributed by atoms with van der Waals surface area (Å²) in [4.78, 5) is 0. The van der Waals surface area contributed by atoms with Crippen LogP contribution in [0.3, 0.4) is 0 Å². The second-order valence-electron chi connectivity index (χ2n) is 5.80. The first kappa shape index (κ1) is 12.4. The van der Waals surface area contributed by atoms with Gasteiger partial charge in [0.05, 0.1) is 0 Å². The maximum absolute atomic E-state index is 9.34. The number of hydrogen-bond acceptors (Lipinski definition) is 2. The normalized spacial score (nSPS) is 32.1. The highest BCUT2D eigenvalue weighted by atomic mass is 16.3. The van der Waals surface area contributed by atoms with Crippen molar-refractivity contribution in [2.45, 2.75) is 51.4 Å². The third-order valence-corrected chi connectivity index (χ3v) is 4.62. The van der Waals surface area contributed by atoms with Crippen molar-refractivity contribution in [2.24, 2.45) is 17.8 Å². The van der Waals surface area contributed by atoms with E-state index in [4.69, 9.17) is 0 Å². The minimum Gasteiger partial charge on any atom is -0.396 e. The van der Waals surface area contributed by atoms with Gasteiger partial charge in [0.25, 0.3) is 0 Å². The van der Waals surface area contributed by atoms with Gasteiger partial charge in [-0.15, -0.1) is 0 Å². The van der Waals surface area contributed by atoms with Crippen molar-refractivity contribution in [1.82, 2.24) is 5.32 Å². The monoisotopic (exact) mass is 225 g/mol. The highest BCUT2D eigenvalue weighted by molar-refractivity contribution is 4.77. The lowest BCUT2D eigenvalue weighted by atomic mass is 9.79. The molecule has 94 valence electrons. The van der Waals surface area contributed by atoms with E-state index in [2.05, 4.69) is 5.32 Å². The van der Waals surface area contributed by atoms with Crippen LogP contribution < -0.4 is 5.32 Å². The number of aliphatic hydroxyl groups is 1. The van der Waals surface area contributed by atoms with E-state index in [1.807, 2.05) is 0 Å². The Labute approximate surface area is 99.8 Å². The lowest BCUT2D eigenvalue weighted by molar-refractivity contribution is 0.132. The Balaban J connectivity index is 1.63. The summed E-state index contributed by atoms with van der Waals surface area (Å²) in [5, 5.41) is 13.0. The molecule has 2 atom stereocenters. The highest BCUT2D eigenvalue weighted by Gasteiger charge is 2.24. The molecule has 0 radical (unpaired) electrons. The average Bonchev–Trinajstić information content (AvgIpc) is 2.83. The zero-order chi connectivity index (χ0) is 11.2. The van der Waals surface area contributed by atoms with Gasteiger partial charge in [-0.1, -0.05) is 25.7 Å². The summed E-state index contributed by atoms with van der Waals surface area (Å²) in [6, 6.07) is 0. The van der Waals surface area contributed by atoms with E-state index in [0.717, 1.165) is 18.4 Å². The summed E-state index contributed by atoms with van der Waals surface area (Å²) in [5.74, 6) is 2.25. The van der Waals surface area contributed by atoms with Gasteiger partial charge in [-0.3, -0.25) is 0 Å². The van der Waals surface area contributed by atoms with Gasteiger partial charge in [-0.25, -0.2) is 0 Å². The van der Waals surface area contributed by atoms with Gasteiger partial charge in [0.2, 0.25) is 0 Å². The Morgan fingerprint density at radius 1 is 0.812 bits per heavy atom. The molecule has 0 bridgehead atoms. The van der Waals surface area contributed by atoms with Crippen molar-refractivity contribution in [3.8, 4) is 0 Å². The summed E-state index contributed by atoms with van der Waals surface area (Å²) in [6.07, 6.45) is 11.0. The van der Waals surface area contributed by atoms with Crippen LogP contribution in [0.5, 0.6) is 0 Å². The first-order chi connectivity index (χ1) is 7.90. The van der Waals surface area contributed by atoms with E-state index in [1.165, 1.54) is 57.9 Å². The van der Waals surface area contributed by atoms with E-state index in [9.17, 15) is 5.11 Å². The topological polar surface area (TPSA) is 32.3 Å². The largest absolute Gasteiger partial charge is 0.396 e. The van der Waals surface area contributed by atoms with E-state index in [0.29, 0.717) is 12.5 Å². The van der Waals surface area contributed by atoms with Crippen LogP contribution >= 0.6 is 0 Å². The van der Waals surface area contributed by atoms with E-state index >= 15 is 0 Å². The van der Waals surface area contributed by atoms with Gasteiger partial charge in [-0.05, 0) is 56.5 Å². The van der Waals surface area contributed by atoms with E-state index < -0.39 is 0 Å². The summed E-state index contributed by atoms with van der Waals surface area (Å²) < 4.78 is 0. The predicted molar refractivity (Wildman–Crippen MR) is 67.4 cm³/mol. The van der Waals surface area contributed by atoms with Crippen LogP contribution in [-0.4, -0.2) is 24.8 Å². The molecule has 0 amide bonds. The van der Waals surface area contributed by atoms with Crippen LogP contribution in [-0.2, 0) is 0 Å². The number of nitrogens with one attached hydrogen (secondary N) is 1. The molecule has 0 aromatic heterocycles. The minimum absolute atomic E-state index is 0.399. The smallest absolute Gasteiger partial charge is 0.0462 e. The maximum atomic E-state index is 9.34. The Morgan fingerprint density at radius 2 is 1.44 bits per heavy atom. The molecule has 2 N–H and O–H groups in total. The van der Waals surface area contributed by atoms with Crippen LogP contribution in [0, 0.1) is 17.8 Å². The first-order valence-electron chi connectivity index (χ1n) is 7.21. The third kappa shape index (κ3) is 3.46. The number of rotatable bonds is 5. The Morgan fingerprint density at radius 3 is 2.12 bits per heavy atom. The maximum Gasteiger partial charge on any atom is 0.0462 e. The van der Waals surface area contributed by atoms with Crippen molar-refractivity contribution in [3.05, 3.63) is 0 Å². The van der Waals surface area contributed by atoms with Gasteiger partial charge in [-0.2, -0.15) is 0 Å². The molecular weight excluding hydrogens is 198 g/mol. The Hall–Kier alpha value is -0.0800. The van der Waals surface area contributed by atoms with Crippen LogP contribution in [0.2, 0.25) is 0 Å². The summed E-state index contributed by atoms with van der Waals surface area (Å²) in [6.45, 7) is 2.76. The SMILES string of the molecule is OCC1CCCCC1CNCC1CCCC1. The van der Waals surface area contributed by atoms with Crippen molar-refractivity contribution < 1.29 is 5.11 Å². The lowest BCUT2D eigenvalue weighted by Gasteiger charge is -2.30. The zero-order valence-electron chi connectivity index (χ0n) is 10.5. The molecular formula is C14H27NO. The van der Waals surface area contributed by atoms with Gasteiger partial charge < -0.3 is 10.4 Å². The molecule has 2 aliphatic rings. The summed E-state index contributed by atoms with van der Waals surface area (Å²) >= 11 is 0. The molecule has 0 aromatic carbocycles. The zero-order valence-corrected chi connectivity index (χ0v) is 10.5. The highest BCUT2D eigenvalue weighted by Crippen LogP contribution is 2.29. The van der Waals surface area contributed by atoms with Crippen LogP contribution in [0.15, 0.2) is 0 Å². The molecule has 2 heteroatoms. The standard InChI is InChI=1S/C14H27NO/c16-11-14-8-4-3-7-13(14)10-15-9-12-5-1-2-6-12/h12-16H,1-11H2.